The number of urea groups is 1. The van der Waals surface area contributed by atoms with Gasteiger partial charge in [0.2, 0.25) is 5.91 Å². The van der Waals surface area contributed by atoms with Crippen molar-refractivity contribution in [2.24, 2.45) is 0 Å². The number of carboxylic acids is 1. The van der Waals surface area contributed by atoms with E-state index in [1.54, 1.807) is 11.8 Å². The van der Waals surface area contributed by atoms with Crippen LogP contribution in [0, 0.1) is 0 Å². The zero-order valence-electron chi connectivity index (χ0n) is 12.8. The molecule has 1 aliphatic heterocycles. The molecule has 7 nitrogen and oxygen atoms in total. The molecule has 0 aromatic rings. The monoisotopic (exact) mass is 299 g/mol. The fraction of sp³-hybridized carbons (Fsp3) is 0.786. The number of imide groups is 1. The Balaban J connectivity index is 2.48. The van der Waals surface area contributed by atoms with Gasteiger partial charge >= 0.3 is 12.0 Å². The van der Waals surface area contributed by atoms with Gasteiger partial charge in [0.1, 0.15) is 5.54 Å². The van der Waals surface area contributed by atoms with Gasteiger partial charge in [-0.15, -0.1) is 0 Å². The largest absolute Gasteiger partial charge is 0.480 e. The summed E-state index contributed by atoms with van der Waals surface area (Å²) in [6.07, 6.45) is 4.01. The van der Waals surface area contributed by atoms with Crippen molar-refractivity contribution in [2.75, 3.05) is 19.6 Å². The summed E-state index contributed by atoms with van der Waals surface area (Å²) in [5, 5.41) is 14.2. The molecule has 1 aliphatic rings. The first-order valence-corrected chi connectivity index (χ1v) is 7.46. The number of carbonyl (C=O) groups is 3. The van der Waals surface area contributed by atoms with Crippen molar-refractivity contribution in [1.82, 2.24) is 15.5 Å². The maximum absolute atomic E-state index is 11.9. The molecule has 1 unspecified atom stereocenters. The van der Waals surface area contributed by atoms with Crippen LogP contribution in [-0.4, -0.2) is 53.1 Å². The summed E-state index contributed by atoms with van der Waals surface area (Å²) in [4.78, 5) is 36.4. The lowest BCUT2D eigenvalue weighted by Gasteiger charge is -2.41. The number of amides is 3. The summed E-state index contributed by atoms with van der Waals surface area (Å²) < 4.78 is 0. The first kappa shape index (κ1) is 17.4. The molecule has 21 heavy (non-hydrogen) atoms. The summed E-state index contributed by atoms with van der Waals surface area (Å²) in [6.45, 7) is 4.63. The standard InChI is InChI=1S/C14H25N3O4/c1-3-4-8-15-13(21)16-11(18)10-17-9-6-5-7-14(17,2)12(19)20/h3-10H2,1-2H3,(H,19,20)(H2,15,16,18,21). The van der Waals surface area contributed by atoms with E-state index in [0.29, 0.717) is 19.5 Å². The van der Waals surface area contributed by atoms with Crippen molar-refractivity contribution in [3.05, 3.63) is 0 Å². The minimum Gasteiger partial charge on any atom is -0.480 e. The number of nitrogens with one attached hydrogen (secondary N) is 2. The van der Waals surface area contributed by atoms with E-state index in [4.69, 9.17) is 0 Å². The van der Waals surface area contributed by atoms with Crippen LogP contribution in [-0.2, 0) is 9.59 Å². The second-order valence-electron chi connectivity index (χ2n) is 5.62. The molecule has 0 radical (unpaired) electrons. The summed E-state index contributed by atoms with van der Waals surface area (Å²) in [5.41, 5.74) is -1.03. The first-order chi connectivity index (χ1) is 9.90. The van der Waals surface area contributed by atoms with Gasteiger partial charge in [0.15, 0.2) is 0 Å². The Hall–Kier alpha value is -1.63. The topological polar surface area (TPSA) is 98.7 Å². The number of likely N-dealkylation sites (tertiary alicyclic amines) is 1. The predicted octanol–water partition coefficient (Wildman–Crippen LogP) is 0.941. The molecule has 0 aliphatic carbocycles. The van der Waals surface area contributed by atoms with Crippen molar-refractivity contribution >= 4 is 17.9 Å². The van der Waals surface area contributed by atoms with Crippen molar-refractivity contribution in [3.63, 3.8) is 0 Å². The van der Waals surface area contributed by atoms with Crippen LogP contribution in [0.1, 0.15) is 46.0 Å². The van der Waals surface area contributed by atoms with Crippen molar-refractivity contribution in [2.45, 2.75) is 51.5 Å². The smallest absolute Gasteiger partial charge is 0.323 e. The number of carbonyl (C=O) groups excluding carboxylic acids is 2. The number of rotatable bonds is 6. The first-order valence-electron chi connectivity index (χ1n) is 7.46. The van der Waals surface area contributed by atoms with Crippen LogP contribution in [0.3, 0.4) is 0 Å². The van der Waals surface area contributed by atoms with E-state index in [9.17, 15) is 19.5 Å². The lowest BCUT2D eigenvalue weighted by Crippen LogP contribution is -2.58. The van der Waals surface area contributed by atoms with Crippen LogP contribution >= 0.6 is 0 Å². The highest BCUT2D eigenvalue weighted by molar-refractivity contribution is 5.95. The summed E-state index contributed by atoms with van der Waals surface area (Å²) in [7, 11) is 0. The zero-order valence-corrected chi connectivity index (χ0v) is 12.8. The van der Waals surface area contributed by atoms with Crippen LogP contribution in [0.25, 0.3) is 0 Å². The maximum atomic E-state index is 11.9. The lowest BCUT2D eigenvalue weighted by atomic mass is 9.88. The third kappa shape index (κ3) is 5.00. The number of hydrogen-bond donors (Lipinski definition) is 3. The van der Waals surface area contributed by atoms with Crippen molar-refractivity contribution in [1.29, 1.82) is 0 Å². The highest BCUT2D eigenvalue weighted by Crippen LogP contribution is 2.27. The lowest BCUT2D eigenvalue weighted by molar-refractivity contribution is -0.153. The number of carboxylic acid groups (broad SMARTS) is 1. The minimum absolute atomic E-state index is 0.0794. The van der Waals surface area contributed by atoms with Crippen LogP contribution in [0.4, 0.5) is 4.79 Å². The number of hydrogen-bond acceptors (Lipinski definition) is 4. The van der Waals surface area contributed by atoms with E-state index in [-0.39, 0.29) is 6.54 Å². The van der Waals surface area contributed by atoms with Crippen LogP contribution < -0.4 is 10.6 Å². The molecule has 7 heteroatoms. The van der Waals surface area contributed by atoms with Crippen molar-refractivity contribution < 1.29 is 19.5 Å². The van der Waals surface area contributed by atoms with Gasteiger partial charge in [0.05, 0.1) is 6.54 Å². The molecule has 1 fully saturated rings. The van der Waals surface area contributed by atoms with E-state index in [2.05, 4.69) is 10.6 Å². The van der Waals surface area contributed by atoms with E-state index in [1.165, 1.54) is 0 Å². The van der Waals surface area contributed by atoms with E-state index >= 15 is 0 Å². The maximum Gasteiger partial charge on any atom is 0.323 e. The predicted molar refractivity (Wildman–Crippen MR) is 77.9 cm³/mol. The van der Waals surface area contributed by atoms with Gasteiger partial charge < -0.3 is 10.4 Å². The van der Waals surface area contributed by atoms with Gasteiger partial charge in [-0.25, -0.2) is 4.79 Å². The Morgan fingerprint density at radius 3 is 2.62 bits per heavy atom. The number of piperidine rings is 1. The van der Waals surface area contributed by atoms with E-state index in [1.807, 2.05) is 6.92 Å². The van der Waals surface area contributed by atoms with Gasteiger partial charge in [-0.2, -0.15) is 0 Å². The molecule has 0 spiro atoms. The Labute approximate surface area is 125 Å². The minimum atomic E-state index is -1.03. The highest BCUT2D eigenvalue weighted by atomic mass is 16.4. The molecule has 1 heterocycles. The molecule has 3 amide bonds. The summed E-state index contributed by atoms with van der Waals surface area (Å²) in [5.74, 6) is -1.40. The summed E-state index contributed by atoms with van der Waals surface area (Å²) in [6, 6.07) is -0.525. The molecule has 1 atom stereocenters. The number of unbranched alkanes of at least 4 members (excludes halogenated alkanes) is 1. The van der Waals surface area contributed by atoms with Gasteiger partial charge in [-0.05, 0) is 39.2 Å². The fourth-order valence-corrected chi connectivity index (χ4v) is 2.43. The molecule has 0 aromatic heterocycles. The molecule has 3 N–H and O–H groups in total. The SMILES string of the molecule is CCCCNC(=O)NC(=O)CN1CCCCC1(C)C(=O)O. The molecule has 1 rings (SSSR count). The molecule has 120 valence electrons. The highest BCUT2D eigenvalue weighted by Gasteiger charge is 2.42. The third-order valence-electron chi connectivity index (χ3n) is 3.90. The average Bonchev–Trinajstić information content (AvgIpc) is 2.41. The summed E-state index contributed by atoms with van der Waals surface area (Å²) >= 11 is 0. The van der Waals surface area contributed by atoms with Crippen LogP contribution in [0.15, 0.2) is 0 Å². The van der Waals surface area contributed by atoms with Gasteiger partial charge in [-0.3, -0.25) is 19.8 Å². The second kappa shape index (κ2) is 7.97. The van der Waals surface area contributed by atoms with E-state index < -0.39 is 23.4 Å². The van der Waals surface area contributed by atoms with Gasteiger partial charge in [0, 0.05) is 6.54 Å². The Kier molecular flexibility index (Phi) is 6.61. The van der Waals surface area contributed by atoms with Crippen LogP contribution in [0.2, 0.25) is 0 Å². The van der Waals surface area contributed by atoms with E-state index in [0.717, 1.165) is 25.7 Å². The zero-order chi connectivity index (χ0) is 15.9. The third-order valence-corrected chi connectivity index (χ3v) is 3.90. The molecule has 0 saturated carbocycles. The fourth-order valence-electron chi connectivity index (χ4n) is 2.43. The van der Waals surface area contributed by atoms with Gasteiger partial charge in [-0.1, -0.05) is 13.3 Å². The Morgan fingerprint density at radius 2 is 2.00 bits per heavy atom. The normalized spacial score (nSPS) is 22.6. The molecule has 0 aromatic carbocycles. The number of nitrogens with zero attached hydrogens (tertiary/aromatic N) is 1. The average molecular weight is 299 g/mol. The Bertz CT molecular complexity index is 400. The molecular formula is C14H25N3O4. The second-order valence-corrected chi connectivity index (χ2v) is 5.62. The Morgan fingerprint density at radius 1 is 1.29 bits per heavy atom. The van der Waals surface area contributed by atoms with Crippen LogP contribution in [0.5, 0.6) is 0 Å². The quantitative estimate of drug-likeness (QED) is 0.634. The molecular weight excluding hydrogens is 274 g/mol. The van der Waals surface area contributed by atoms with Crippen molar-refractivity contribution in [3.8, 4) is 0 Å². The van der Waals surface area contributed by atoms with Gasteiger partial charge in [0.25, 0.3) is 0 Å². The number of aliphatic carboxylic acids is 1. The molecule has 0 bridgehead atoms. The molecule has 1 saturated heterocycles.